The van der Waals surface area contributed by atoms with Gasteiger partial charge in [0.15, 0.2) is 23.9 Å². The zero-order valence-corrected chi connectivity index (χ0v) is 18.6. The molecule has 7 heteroatoms. The van der Waals surface area contributed by atoms with Crippen molar-refractivity contribution in [1.29, 1.82) is 0 Å². The molecule has 1 aliphatic rings. The summed E-state index contributed by atoms with van der Waals surface area (Å²) < 4.78 is 16.2. The van der Waals surface area contributed by atoms with E-state index in [0.717, 1.165) is 17.5 Å². The Morgan fingerprint density at radius 3 is 2.26 bits per heavy atom. The molecule has 174 valence electrons. The van der Waals surface area contributed by atoms with E-state index in [1.807, 2.05) is 42.5 Å². The Hall–Kier alpha value is -4.13. The lowest BCUT2D eigenvalue weighted by molar-refractivity contribution is -0.147. The molecule has 4 rings (SSSR count). The van der Waals surface area contributed by atoms with Gasteiger partial charge in [-0.25, -0.2) is 0 Å². The lowest BCUT2D eigenvalue weighted by Gasteiger charge is -2.10. The molecule has 0 bridgehead atoms. The fraction of sp³-hybridized carbons (Fsp3) is 0.222. The van der Waals surface area contributed by atoms with Crippen LogP contribution in [0.25, 0.3) is 11.1 Å². The third-order valence-electron chi connectivity index (χ3n) is 5.27. The van der Waals surface area contributed by atoms with Crippen LogP contribution in [0.5, 0.6) is 11.5 Å². The van der Waals surface area contributed by atoms with Crippen LogP contribution in [0.4, 0.5) is 5.69 Å². The molecule has 1 heterocycles. The first-order valence-electron chi connectivity index (χ1n) is 11.1. The van der Waals surface area contributed by atoms with Gasteiger partial charge >= 0.3 is 5.97 Å². The van der Waals surface area contributed by atoms with Crippen molar-refractivity contribution < 1.29 is 28.6 Å². The van der Waals surface area contributed by atoms with Gasteiger partial charge in [0.25, 0.3) is 5.91 Å². The highest BCUT2D eigenvalue weighted by Crippen LogP contribution is 2.32. The van der Waals surface area contributed by atoms with Crippen LogP contribution in [0.15, 0.2) is 72.8 Å². The van der Waals surface area contributed by atoms with E-state index in [2.05, 4.69) is 5.32 Å². The molecular weight excluding hydrogens is 434 g/mol. The molecule has 0 aromatic heterocycles. The first kappa shape index (κ1) is 23.0. The second-order valence-corrected chi connectivity index (χ2v) is 7.79. The maximum absolute atomic E-state index is 12.4. The van der Waals surface area contributed by atoms with E-state index in [1.54, 1.807) is 30.3 Å². The van der Waals surface area contributed by atoms with Gasteiger partial charge in [-0.1, -0.05) is 54.6 Å². The number of ketones is 1. The van der Waals surface area contributed by atoms with Crippen LogP contribution < -0.4 is 14.8 Å². The van der Waals surface area contributed by atoms with E-state index in [1.165, 1.54) is 0 Å². The van der Waals surface area contributed by atoms with E-state index in [-0.39, 0.29) is 18.6 Å². The molecule has 3 aromatic rings. The molecule has 34 heavy (non-hydrogen) atoms. The lowest BCUT2D eigenvalue weighted by atomic mass is 10.0. The summed E-state index contributed by atoms with van der Waals surface area (Å²) in [6.07, 6.45) is 0.692. The van der Waals surface area contributed by atoms with Gasteiger partial charge < -0.3 is 19.5 Å². The van der Waals surface area contributed by atoms with Crippen LogP contribution in [0, 0.1) is 0 Å². The number of amides is 1. The zero-order chi connectivity index (χ0) is 23.8. The van der Waals surface area contributed by atoms with Crippen molar-refractivity contribution >= 4 is 23.3 Å². The monoisotopic (exact) mass is 459 g/mol. The van der Waals surface area contributed by atoms with Crippen LogP contribution in [0.2, 0.25) is 0 Å². The predicted octanol–water partition coefficient (Wildman–Crippen LogP) is 4.66. The Morgan fingerprint density at radius 1 is 0.794 bits per heavy atom. The largest absolute Gasteiger partial charge is 0.490 e. The van der Waals surface area contributed by atoms with E-state index in [9.17, 15) is 14.4 Å². The molecule has 1 aliphatic heterocycles. The predicted molar refractivity (Wildman–Crippen MR) is 127 cm³/mol. The Bertz CT molecular complexity index is 1160. The third-order valence-corrected chi connectivity index (χ3v) is 5.27. The molecule has 0 fully saturated rings. The van der Waals surface area contributed by atoms with Gasteiger partial charge in [-0.15, -0.1) is 0 Å². The summed E-state index contributed by atoms with van der Waals surface area (Å²) in [5, 5.41) is 2.66. The molecule has 3 aromatic carbocycles. The zero-order valence-electron chi connectivity index (χ0n) is 18.6. The second-order valence-electron chi connectivity index (χ2n) is 7.79. The van der Waals surface area contributed by atoms with Crippen LogP contribution in [-0.2, 0) is 14.3 Å². The summed E-state index contributed by atoms with van der Waals surface area (Å²) in [4.78, 5) is 36.6. The maximum Gasteiger partial charge on any atom is 0.306 e. The molecule has 0 saturated carbocycles. The minimum atomic E-state index is -0.608. The van der Waals surface area contributed by atoms with Crippen LogP contribution in [-0.4, -0.2) is 37.5 Å². The van der Waals surface area contributed by atoms with Crippen molar-refractivity contribution in [3.8, 4) is 22.6 Å². The van der Waals surface area contributed by atoms with E-state index in [0.29, 0.717) is 36.0 Å². The Labute approximate surface area is 197 Å². The molecule has 0 aliphatic carbocycles. The molecule has 0 atom stereocenters. The smallest absolute Gasteiger partial charge is 0.306 e. The van der Waals surface area contributed by atoms with Gasteiger partial charge in [0.05, 0.1) is 19.6 Å². The summed E-state index contributed by atoms with van der Waals surface area (Å²) in [5.41, 5.74) is 3.12. The Morgan fingerprint density at radius 2 is 1.50 bits per heavy atom. The molecule has 1 N–H and O–H groups in total. The average Bonchev–Trinajstić information content (AvgIpc) is 3.12. The lowest BCUT2D eigenvalue weighted by Crippen LogP contribution is -2.21. The van der Waals surface area contributed by atoms with E-state index >= 15 is 0 Å². The van der Waals surface area contributed by atoms with E-state index < -0.39 is 18.5 Å². The minimum Gasteiger partial charge on any atom is -0.490 e. The summed E-state index contributed by atoms with van der Waals surface area (Å²) in [5.74, 6) is -0.0640. The van der Waals surface area contributed by atoms with Gasteiger partial charge in [0.2, 0.25) is 0 Å². The highest BCUT2D eigenvalue weighted by molar-refractivity contribution is 5.98. The molecule has 1 amide bonds. The summed E-state index contributed by atoms with van der Waals surface area (Å²) in [7, 11) is 0. The summed E-state index contributed by atoms with van der Waals surface area (Å²) in [6, 6.07) is 22.2. The Balaban J connectivity index is 1.21. The van der Waals surface area contributed by atoms with Crippen molar-refractivity contribution in [1.82, 2.24) is 0 Å². The standard InChI is InChI=1S/C27H25NO6/c29-23(21-9-7-20(8-10-21)19-5-2-1-3-6-19)12-14-27(31)34-18-26(30)28-22-11-13-24-25(17-22)33-16-4-15-32-24/h1-3,5-11,13,17H,4,12,14-16,18H2,(H,28,30). The third kappa shape index (κ3) is 6.22. The fourth-order valence-corrected chi connectivity index (χ4v) is 3.50. The Kier molecular flexibility index (Phi) is 7.55. The van der Waals surface area contributed by atoms with Gasteiger partial charge in [-0.3, -0.25) is 14.4 Å². The van der Waals surface area contributed by atoms with Crippen LogP contribution in [0.1, 0.15) is 29.6 Å². The van der Waals surface area contributed by atoms with Gasteiger partial charge in [-0.05, 0) is 23.3 Å². The maximum atomic E-state index is 12.4. The number of ether oxygens (including phenoxy) is 3. The van der Waals surface area contributed by atoms with Crippen molar-refractivity contribution in [2.45, 2.75) is 19.3 Å². The average molecular weight is 459 g/mol. The number of hydrogen-bond acceptors (Lipinski definition) is 6. The van der Waals surface area contributed by atoms with Crippen molar-refractivity contribution in [2.24, 2.45) is 0 Å². The van der Waals surface area contributed by atoms with Gasteiger partial charge in [-0.2, -0.15) is 0 Å². The van der Waals surface area contributed by atoms with E-state index in [4.69, 9.17) is 14.2 Å². The number of fused-ring (bicyclic) bond motifs is 1. The SMILES string of the molecule is O=C(COC(=O)CCC(=O)c1ccc(-c2ccccc2)cc1)Nc1ccc2c(c1)OCCCO2. The first-order valence-corrected chi connectivity index (χ1v) is 11.1. The number of Topliss-reactive ketones (excluding diaryl/α,β-unsaturated/α-hetero) is 1. The number of nitrogens with one attached hydrogen (secondary N) is 1. The van der Waals surface area contributed by atoms with Crippen molar-refractivity contribution in [3.05, 3.63) is 78.4 Å². The first-order chi connectivity index (χ1) is 16.6. The molecule has 0 radical (unpaired) electrons. The number of anilines is 1. The number of esters is 1. The van der Waals surface area contributed by atoms with Crippen LogP contribution >= 0.6 is 0 Å². The van der Waals surface area contributed by atoms with Crippen molar-refractivity contribution in [3.63, 3.8) is 0 Å². The highest BCUT2D eigenvalue weighted by Gasteiger charge is 2.14. The van der Waals surface area contributed by atoms with Crippen LogP contribution in [0.3, 0.4) is 0 Å². The summed E-state index contributed by atoms with van der Waals surface area (Å²) in [6.45, 7) is 0.682. The number of rotatable bonds is 8. The molecule has 0 spiro atoms. The molecule has 0 saturated heterocycles. The topological polar surface area (TPSA) is 90.9 Å². The van der Waals surface area contributed by atoms with Crippen molar-refractivity contribution in [2.75, 3.05) is 25.1 Å². The highest BCUT2D eigenvalue weighted by atomic mass is 16.5. The fourth-order valence-electron chi connectivity index (χ4n) is 3.50. The number of benzene rings is 3. The number of carbonyl (C=O) groups is 3. The van der Waals surface area contributed by atoms with Gasteiger partial charge in [0, 0.05) is 30.2 Å². The minimum absolute atomic E-state index is 0.00724. The molecule has 7 nitrogen and oxygen atoms in total. The van der Waals surface area contributed by atoms with Gasteiger partial charge in [0.1, 0.15) is 0 Å². The molecular formula is C27H25NO6. The number of hydrogen-bond donors (Lipinski definition) is 1. The molecule has 0 unspecified atom stereocenters. The normalized spacial score (nSPS) is 12.4. The number of carbonyl (C=O) groups excluding carboxylic acids is 3. The summed E-state index contributed by atoms with van der Waals surface area (Å²) >= 11 is 0. The second kappa shape index (κ2) is 11.1. The quantitative estimate of drug-likeness (QED) is 0.389.